The molecule has 182 valence electrons. The van der Waals surface area contributed by atoms with E-state index in [2.05, 4.69) is 10.00 Å². The molecule has 3 heterocycles. The van der Waals surface area contributed by atoms with E-state index < -0.39 is 11.7 Å². The standard InChI is InChI=1S/C24H20ClF3N4O2S/c25-18-4-3-16(19(12-18)24(26,27)28)14-32-20-5-2-15(10-17(20)13-29-32)11-21-22(33)31(23(34)35-21)9-8-30-6-1-7-30/h2-5,10-13H,1,6-9,14H2. The molecule has 2 aliphatic heterocycles. The van der Waals surface area contributed by atoms with Crippen LogP contribution < -0.4 is 0 Å². The topological polar surface area (TPSA) is 58.4 Å². The second-order valence-electron chi connectivity index (χ2n) is 8.45. The van der Waals surface area contributed by atoms with Crippen LogP contribution in [0, 0.1) is 0 Å². The van der Waals surface area contributed by atoms with E-state index >= 15 is 0 Å². The number of alkyl halides is 3. The van der Waals surface area contributed by atoms with Gasteiger partial charge in [-0.25, -0.2) is 0 Å². The summed E-state index contributed by atoms with van der Waals surface area (Å²) in [4.78, 5) is 28.9. The molecule has 2 aromatic carbocycles. The number of imide groups is 1. The minimum Gasteiger partial charge on any atom is -0.301 e. The molecule has 2 saturated heterocycles. The van der Waals surface area contributed by atoms with E-state index in [1.54, 1.807) is 30.5 Å². The lowest BCUT2D eigenvalue weighted by atomic mass is 10.1. The second-order valence-corrected chi connectivity index (χ2v) is 9.88. The molecule has 0 aliphatic carbocycles. The predicted octanol–water partition coefficient (Wildman–Crippen LogP) is 5.50. The summed E-state index contributed by atoms with van der Waals surface area (Å²) >= 11 is 6.69. The van der Waals surface area contributed by atoms with Crippen molar-refractivity contribution < 1.29 is 22.8 Å². The Morgan fingerprint density at radius 3 is 2.60 bits per heavy atom. The lowest BCUT2D eigenvalue weighted by Crippen LogP contribution is -2.43. The van der Waals surface area contributed by atoms with Crippen molar-refractivity contribution in [3.8, 4) is 0 Å². The summed E-state index contributed by atoms with van der Waals surface area (Å²) in [5.41, 5.74) is 0.610. The molecule has 2 amide bonds. The monoisotopic (exact) mass is 520 g/mol. The summed E-state index contributed by atoms with van der Waals surface area (Å²) in [5.74, 6) is -0.307. The van der Waals surface area contributed by atoms with Crippen molar-refractivity contribution in [1.82, 2.24) is 19.6 Å². The minimum atomic E-state index is -4.53. The number of fused-ring (bicyclic) bond motifs is 1. The fourth-order valence-electron chi connectivity index (χ4n) is 4.12. The average Bonchev–Trinajstić information content (AvgIpc) is 3.28. The van der Waals surface area contributed by atoms with E-state index in [1.807, 2.05) is 0 Å². The molecule has 0 atom stereocenters. The first-order valence-corrected chi connectivity index (χ1v) is 12.2. The maximum atomic E-state index is 13.5. The summed E-state index contributed by atoms with van der Waals surface area (Å²) in [6.45, 7) is 2.97. The van der Waals surface area contributed by atoms with Crippen LogP contribution in [0.25, 0.3) is 17.0 Å². The van der Waals surface area contributed by atoms with E-state index in [4.69, 9.17) is 11.6 Å². The molecule has 2 aliphatic rings. The van der Waals surface area contributed by atoms with Gasteiger partial charge in [0.15, 0.2) is 0 Å². The van der Waals surface area contributed by atoms with Crippen molar-refractivity contribution in [3.05, 3.63) is 69.2 Å². The van der Waals surface area contributed by atoms with Crippen LogP contribution in [0.5, 0.6) is 0 Å². The van der Waals surface area contributed by atoms with Crippen LogP contribution in [-0.4, -0.2) is 56.9 Å². The molecule has 1 aromatic heterocycles. The maximum absolute atomic E-state index is 13.5. The van der Waals surface area contributed by atoms with Crippen LogP contribution in [0.2, 0.25) is 5.02 Å². The smallest absolute Gasteiger partial charge is 0.301 e. The van der Waals surface area contributed by atoms with E-state index in [1.165, 1.54) is 21.7 Å². The SMILES string of the molecule is O=C1SC(=Cc2ccc3c(cnn3Cc3ccc(Cl)cc3C(F)(F)F)c2)C(=O)N1CCN1CCC1. The first-order valence-electron chi connectivity index (χ1n) is 11.0. The van der Waals surface area contributed by atoms with Gasteiger partial charge in [0.2, 0.25) is 0 Å². The third-order valence-corrected chi connectivity index (χ3v) is 7.27. The summed E-state index contributed by atoms with van der Waals surface area (Å²) in [6.07, 6.45) is -0.167. The third kappa shape index (κ3) is 4.96. The lowest BCUT2D eigenvalue weighted by molar-refractivity contribution is -0.138. The van der Waals surface area contributed by atoms with Crippen LogP contribution in [0.15, 0.2) is 47.5 Å². The lowest BCUT2D eigenvalue weighted by Gasteiger charge is -2.31. The summed E-state index contributed by atoms with van der Waals surface area (Å²) in [6, 6.07) is 8.97. The van der Waals surface area contributed by atoms with Gasteiger partial charge in [-0.15, -0.1) is 0 Å². The van der Waals surface area contributed by atoms with Crippen LogP contribution in [0.4, 0.5) is 18.0 Å². The number of rotatable bonds is 6. The van der Waals surface area contributed by atoms with E-state index in [9.17, 15) is 22.8 Å². The van der Waals surface area contributed by atoms with Gasteiger partial charge in [-0.05, 0) is 72.7 Å². The Labute approximate surface area is 208 Å². The van der Waals surface area contributed by atoms with Gasteiger partial charge >= 0.3 is 6.18 Å². The highest BCUT2D eigenvalue weighted by atomic mass is 35.5. The maximum Gasteiger partial charge on any atom is 0.416 e. The Hall–Kier alpha value is -2.82. The first-order chi connectivity index (χ1) is 16.7. The van der Waals surface area contributed by atoms with Gasteiger partial charge in [-0.3, -0.25) is 19.2 Å². The number of aromatic nitrogens is 2. The normalized spacial score (nSPS) is 18.2. The molecule has 11 heteroatoms. The van der Waals surface area contributed by atoms with Gasteiger partial charge in [-0.1, -0.05) is 23.7 Å². The first kappa shape index (κ1) is 23.9. The highest BCUT2D eigenvalue weighted by Gasteiger charge is 2.35. The number of likely N-dealkylation sites (tertiary alicyclic amines) is 1. The summed E-state index contributed by atoms with van der Waals surface area (Å²) in [7, 11) is 0. The van der Waals surface area contributed by atoms with Gasteiger partial charge in [0, 0.05) is 23.5 Å². The van der Waals surface area contributed by atoms with Gasteiger partial charge in [0.25, 0.3) is 11.1 Å². The van der Waals surface area contributed by atoms with Crippen LogP contribution in [0.3, 0.4) is 0 Å². The fraction of sp³-hybridized carbons (Fsp3) is 0.292. The highest BCUT2D eigenvalue weighted by Crippen LogP contribution is 2.35. The minimum absolute atomic E-state index is 0.0148. The molecule has 3 aromatic rings. The fourth-order valence-corrected chi connectivity index (χ4v) is 5.16. The van der Waals surface area contributed by atoms with Crippen LogP contribution in [0.1, 0.15) is 23.1 Å². The highest BCUT2D eigenvalue weighted by molar-refractivity contribution is 8.18. The number of nitrogens with zero attached hydrogens (tertiary/aromatic N) is 4. The molecular weight excluding hydrogens is 501 g/mol. The summed E-state index contributed by atoms with van der Waals surface area (Å²) in [5, 5.41) is 4.70. The molecule has 35 heavy (non-hydrogen) atoms. The number of benzene rings is 2. The van der Waals surface area contributed by atoms with Gasteiger partial charge in [-0.2, -0.15) is 18.3 Å². The molecule has 0 spiro atoms. The molecule has 6 nitrogen and oxygen atoms in total. The molecule has 0 bridgehead atoms. The number of hydrogen-bond acceptors (Lipinski definition) is 5. The molecular formula is C24H20ClF3N4O2S. The predicted molar refractivity (Wildman–Crippen MR) is 129 cm³/mol. The van der Waals surface area contributed by atoms with Gasteiger partial charge < -0.3 is 4.90 Å². The third-order valence-electron chi connectivity index (χ3n) is 6.12. The number of amides is 2. The van der Waals surface area contributed by atoms with Crippen molar-refractivity contribution in [2.75, 3.05) is 26.2 Å². The number of carbonyl (C=O) groups excluding carboxylic acids is 2. The van der Waals surface area contributed by atoms with Crippen molar-refractivity contribution >= 4 is 51.5 Å². The van der Waals surface area contributed by atoms with E-state index in [0.29, 0.717) is 34.5 Å². The van der Waals surface area contributed by atoms with Crippen molar-refractivity contribution in [2.45, 2.75) is 19.1 Å². The Kier molecular flexibility index (Phi) is 6.37. The zero-order valence-corrected chi connectivity index (χ0v) is 20.0. The molecule has 0 radical (unpaired) electrons. The zero-order chi connectivity index (χ0) is 24.7. The quantitative estimate of drug-likeness (QED) is 0.402. The number of thioether (sulfide) groups is 1. The average molecular weight is 521 g/mol. The number of carbonyl (C=O) groups is 2. The molecule has 5 rings (SSSR count). The van der Waals surface area contributed by atoms with Crippen LogP contribution >= 0.6 is 23.4 Å². The van der Waals surface area contributed by atoms with Crippen molar-refractivity contribution in [3.63, 3.8) is 0 Å². The Bertz CT molecular complexity index is 1350. The molecule has 2 fully saturated rings. The van der Waals surface area contributed by atoms with Crippen molar-refractivity contribution in [2.24, 2.45) is 0 Å². The Balaban J connectivity index is 1.35. The summed E-state index contributed by atoms with van der Waals surface area (Å²) < 4.78 is 41.9. The zero-order valence-electron chi connectivity index (χ0n) is 18.4. The Morgan fingerprint density at radius 1 is 1.09 bits per heavy atom. The van der Waals surface area contributed by atoms with Crippen molar-refractivity contribution in [1.29, 1.82) is 0 Å². The Morgan fingerprint density at radius 2 is 1.89 bits per heavy atom. The molecule has 0 saturated carbocycles. The molecule has 0 N–H and O–H groups in total. The number of halogens is 4. The van der Waals surface area contributed by atoms with E-state index in [0.717, 1.165) is 37.3 Å². The second kappa shape index (κ2) is 9.33. The van der Waals surface area contributed by atoms with Gasteiger partial charge in [0.05, 0.1) is 28.7 Å². The number of hydrogen-bond donors (Lipinski definition) is 0. The van der Waals surface area contributed by atoms with Gasteiger partial charge in [0.1, 0.15) is 0 Å². The van der Waals surface area contributed by atoms with Crippen LogP contribution in [-0.2, 0) is 17.5 Å². The van der Waals surface area contributed by atoms with E-state index in [-0.39, 0.29) is 28.3 Å². The largest absolute Gasteiger partial charge is 0.416 e. The molecule has 0 unspecified atom stereocenters.